The molecule has 2 rings (SSSR count). The molecule has 0 unspecified atom stereocenters. The van der Waals surface area contributed by atoms with Gasteiger partial charge in [-0.15, -0.1) is 0 Å². The first kappa shape index (κ1) is 30.9. The van der Waals surface area contributed by atoms with Crippen molar-refractivity contribution in [1.82, 2.24) is 10.2 Å². The molecule has 0 radical (unpaired) electrons. The highest BCUT2D eigenvalue weighted by Gasteiger charge is 2.33. The van der Waals surface area contributed by atoms with Gasteiger partial charge in [0, 0.05) is 28.2 Å². The maximum Gasteiger partial charge on any atom is 0.244 e. The van der Waals surface area contributed by atoms with Crippen LogP contribution in [0.2, 0.25) is 10.0 Å². The molecule has 0 saturated carbocycles. The van der Waals surface area contributed by atoms with Crippen LogP contribution in [0.1, 0.15) is 59.1 Å². The van der Waals surface area contributed by atoms with Crippen molar-refractivity contribution in [3.63, 3.8) is 0 Å². The highest BCUT2D eigenvalue weighted by Crippen LogP contribution is 2.29. The second kappa shape index (κ2) is 12.5. The summed E-state index contributed by atoms with van der Waals surface area (Å²) >= 11 is 12.8. The molecule has 10 heteroatoms. The molecule has 0 aliphatic rings. The van der Waals surface area contributed by atoms with Crippen LogP contribution in [0.3, 0.4) is 0 Å². The molecule has 0 spiro atoms. The van der Waals surface area contributed by atoms with Gasteiger partial charge in [0.1, 0.15) is 12.6 Å². The number of hydrogen-bond acceptors (Lipinski definition) is 4. The average molecular weight is 571 g/mol. The molecule has 1 N–H and O–H groups in total. The lowest BCUT2D eigenvalue weighted by Crippen LogP contribution is -2.53. The highest BCUT2D eigenvalue weighted by molar-refractivity contribution is 7.92. The highest BCUT2D eigenvalue weighted by atomic mass is 35.5. The van der Waals surface area contributed by atoms with Crippen LogP contribution in [-0.2, 0) is 31.6 Å². The molecule has 1 atom stereocenters. The van der Waals surface area contributed by atoms with Gasteiger partial charge in [-0.05, 0) is 55.5 Å². The zero-order valence-electron chi connectivity index (χ0n) is 22.5. The van der Waals surface area contributed by atoms with Crippen LogP contribution in [0.25, 0.3) is 0 Å². The summed E-state index contributed by atoms with van der Waals surface area (Å²) < 4.78 is 26.6. The number of rotatable bonds is 10. The van der Waals surface area contributed by atoms with Crippen LogP contribution in [-0.4, -0.2) is 50.0 Å². The maximum absolute atomic E-state index is 13.8. The SMILES string of the molecule is CC[C@@H](C(=O)NC(C)C)N(Cc1c(Cl)cccc1Cl)C(=O)CN(c1ccc(C(C)(C)C)cc1)S(C)(=O)=O. The fourth-order valence-electron chi connectivity index (χ4n) is 3.90. The summed E-state index contributed by atoms with van der Waals surface area (Å²) in [4.78, 5) is 28.2. The third-order valence-corrected chi connectivity index (χ3v) is 7.76. The van der Waals surface area contributed by atoms with Crippen molar-refractivity contribution in [3.05, 3.63) is 63.6 Å². The molecule has 37 heavy (non-hydrogen) atoms. The van der Waals surface area contributed by atoms with E-state index in [9.17, 15) is 18.0 Å². The van der Waals surface area contributed by atoms with E-state index in [0.29, 0.717) is 27.7 Å². The number of benzene rings is 2. The Morgan fingerprint density at radius 1 is 1.00 bits per heavy atom. The van der Waals surface area contributed by atoms with Gasteiger partial charge >= 0.3 is 0 Å². The zero-order valence-corrected chi connectivity index (χ0v) is 24.8. The lowest BCUT2D eigenvalue weighted by Gasteiger charge is -2.33. The minimum atomic E-state index is -3.82. The molecule has 0 fully saturated rings. The lowest BCUT2D eigenvalue weighted by molar-refractivity contribution is -0.140. The van der Waals surface area contributed by atoms with E-state index >= 15 is 0 Å². The Balaban J connectivity index is 2.51. The fraction of sp³-hybridized carbons (Fsp3) is 0.481. The molecule has 204 valence electrons. The summed E-state index contributed by atoms with van der Waals surface area (Å²) in [6.07, 6.45) is 1.36. The van der Waals surface area contributed by atoms with Gasteiger partial charge in [0.15, 0.2) is 0 Å². The summed E-state index contributed by atoms with van der Waals surface area (Å²) in [6, 6.07) is 11.1. The minimum absolute atomic E-state index is 0.0536. The minimum Gasteiger partial charge on any atom is -0.352 e. The Morgan fingerprint density at radius 3 is 1.97 bits per heavy atom. The molecule has 0 heterocycles. The number of amides is 2. The molecular weight excluding hydrogens is 533 g/mol. The first-order valence-corrected chi connectivity index (χ1v) is 14.8. The summed E-state index contributed by atoms with van der Waals surface area (Å²) in [5.41, 5.74) is 1.75. The summed E-state index contributed by atoms with van der Waals surface area (Å²) in [6.45, 7) is 11.1. The summed E-state index contributed by atoms with van der Waals surface area (Å²) in [5, 5.41) is 3.55. The molecule has 0 bridgehead atoms. The van der Waals surface area contributed by atoms with Gasteiger partial charge in [-0.1, -0.05) is 69.1 Å². The van der Waals surface area contributed by atoms with E-state index in [-0.39, 0.29) is 23.9 Å². The fourth-order valence-corrected chi connectivity index (χ4v) is 5.26. The number of anilines is 1. The van der Waals surface area contributed by atoms with E-state index in [1.54, 1.807) is 37.3 Å². The molecular formula is C27H37Cl2N3O4S. The Morgan fingerprint density at radius 2 is 1.54 bits per heavy atom. The maximum atomic E-state index is 13.8. The van der Waals surface area contributed by atoms with E-state index in [0.717, 1.165) is 16.1 Å². The molecule has 0 aliphatic heterocycles. The Kier molecular flexibility index (Phi) is 10.5. The quantitative estimate of drug-likeness (QED) is 0.415. The molecule has 0 aromatic heterocycles. The van der Waals surface area contributed by atoms with Gasteiger partial charge in [-0.25, -0.2) is 8.42 Å². The predicted molar refractivity (Wildman–Crippen MR) is 152 cm³/mol. The van der Waals surface area contributed by atoms with Crippen molar-refractivity contribution >= 4 is 50.7 Å². The Labute approximate surface area is 231 Å². The van der Waals surface area contributed by atoms with E-state index in [2.05, 4.69) is 26.1 Å². The topological polar surface area (TPSA) is 86.8 Å². The van der Waals surface area contributed by atoms with E-state index < -0.39 is 28.5 Å². The van der Waals surface area contributed by atoms with Crippen molar-refractivity contribution in [3.8, 4) is 0 Å². The molecule has 7 nitrogen and oxygen atoms in total. The van der Waals surface area contributed by atoms with Crippen LogP contribution in [0.15, 0.2) is 42.5 Å². The van der Waals surface area contributed by atoms with Gasteiger partial charge < -0.3 is 10.2 Å². The van der Waals surface area contributed by atoms with E-state index in [4.69, 9.17) is 23.2 Å². The van der Waals surface area contributed by atoms with Crippen molar-refractivity contribution < 1.29 is 18.0 Å². The zero-order chi connectivity index (χ0) is 28.1. The second-order valence-electron chi connectivity index (χ2n) is 10.4. The molecule has 2 aromatic carbocycles. The van der Waals surface area contributed by atoms with E-state index in [1.165, 1.54) is 4.90 Å². The van der Waals surface area contributed by atoms with E-state index in [1.807, 2.05) is 26.0 Å². The van der Waals surface area contributed by atoms with Crippen LogP contribution < -0.4 is 9.62 Å². The van der Waals surface area contributed by atoms with Gasteiger partial charge in [-0.2, -0.15) is 0 Å². The van der Waals surface area contributed by atoms with Crippen molar-refractivity contribution in [2.24, 2.45) is 0 Å². The number of carbonyl (C=O) groups is 2. The smallest absolute Gasteiger partial charge is 0.244 e. The predicted octanol–water partition coefficient (Wildman–Crippen LogP) is 5.39. The molecule has 2 aromatic rings. The summed E-state index contributed by atoms with van der Waals surface area (Å²) in [5.74, 6) is -0.887. The van der Waals surface area contributed by atoms with Crippen molar-refractivity contribution in [2.75, 3.05) is 17.1 Å². The lowest BCUT2D eigenvalue weighted by atomic mass is 9.87. The Hall–Kier alpha value is -2.29. The largest absolute Gasteiger partial charge is 0.352 e. The standard InChI is InChI=1S/C27H37Cl2N3O4S/c1-8-24(26(34)30-18(2)3)31(16-21-22(28)10-9-11-23(21)29)25(33)17-32(37(7,35)36)20-14-12-19(13-15-20)27(4,5)6/h9-15,18,24H,8,16-17H2,1-7H3,(H,30,34)/t24-/m0/s1. The van der Waals surface area contributed by atoms with Gasteiger partial charge in [0.25, 0.3) is 0 Å². The Bertz CT molecular complexity index is 1190. The molecule has 2 amide bonds. The van der Waals surface area contributed by atoms with Crippen LogP contribution >= 0.6 is 23.2 Å². The van der Waals surface area contributed by atoms with Crippen LogP contribution in [0.5, 0.6) is 0 Å². The van der Waals surface area contributed by atoms with Gasteiger partial charge in [0.2, 0.25) is 21.8 Å². The number of nitrogens with zero attached hydrogens (tertiary/aromatic N) is 2. The third-order valence-electron chi connectivity index (χ3n) is 5.91. The number of sulfonamides is 1. The van der Waals surface area contributed by atoms with Gasteiger partial charge in [-0.3, -0.25) is 13.9 Å². The number of nitrogens with one attached hydrogen (secondary N) is 1. The van der Waals surface area contributed by atoms with Crippen molar-refractivity contribution in [1.29, 1.82) is 0 Å². The van der Waals surface area contributed by atoms with Crippen LogP contribution in [0.4, 0.5) is 5.69 Å². The normalized spacial score (nSPS) is 12.8. The van der Waals surface area contributed by atoms with Crippen molar-refractivity contribution in [2.45, 2.75) is 72.0 Å². The molecule has 0 aliphatic carbocycles. The number of halogens is 2. The van der Waals surface area contributed by atoms with Crippen LogP contribution in [0, 0.1) is 0 Å². The molecule has 0 saturated heterocycles. The first-order chi connectivity index (χ1) is 17.1. The number of carbonyl (C=O) groups excluding carboxylic acids is 2. The first-order valence-electron chi connectivity index (χ1n) is 12.2. The summed E-state index contributed by atoms with van der Waals surface area (Å²) in [7, 11) is -3.82. The average Bonchev–Trinajstić information content (AvgIpc) is 2.77. The second-order valence-corrected chi connectivity index (χ2v) is 13.1. The van der Waals surface area contributed by atoms with Gasteiger partial charge in [0.05, 0.1) is 11.9 Å². The monoisotopic (exact) mass is 569 g/mol. The number of hydrogen-bond donors (Lipinski definition) is 1. The third kappa shape index (κ3) is 8.35.